The van der Waals surface area contributed by atoms with Gasteiger partial charge in [0.15, 0.2) is 0 Å². The third kappa shape index (κ3) is 2.31. The Bertz CT molecular complexity index is 783. The van der Waals surface area contributed by atoms with Crippen LogP contribution in [0.25, 0.3) is 0 Å². The second-order valence-corrected chi connectivity index (χ2v) is 3.78. The van der Waals surface area contributed by atoms with E-state index in [9.17, 15) is 19.2 Å². The molecule has 10 nitrogen and oxygen atoms in total. The summed E-state index contributed by atoms with van der Waals surface area (Å²) in [5.41, 5.74) is 7.98. The first-order chi connectivity index (χ1) is 8.88. The smallest absolute Gasteiger partial charge is 0.327 e. The van der Waals surface area contributed by atoms with Gasteiger partial charge in [-0.05, 0) is 0 Å². The molecule has 0 radical (unpaired) electrons. The minimum atomic E-state index is -0.755. The van der Waals surface area contributed by atoms with E-state index in [-0.39, 0.29) is 29.2 Å². The normalized spacial score (nSPS) is 10.5. The number of aromatic nitrogens is 4. The van der Waals surface area contributed by atoms with E-state index in [2.05, 4.69) is 9.97 Å². The van der Waals surface area contributed by atoms with Gasteiger partial charge in [0.2, 0.25) is 0 Å². The molecule has 0 atom stereocenters. The number of H-pyrrole nitrogens is 4. The van der Waals surface area contributed by atoms with E-state index in [4.69, 9.17) is 11.5 Å². The molecule has 0 spiro atoms. The van der Waals surface area contributed by atoms with Gasteiger partial charge >= 0.3 is 11.4 Å². The first-order valence-electron chi connectivity index (χ1n) is 5.10. The zero-order chi connectivity index (χ0) is 14.2. The highest BCUT2D eigenvalue weighted by molar-refractivity contribution is 5.45. The standard InChI is InChI=1S/C9H10N6O4/c10-4-2(6(16)14-8(18)12-4)1-3-5(11)13-9(19)15-7(3)17/h1H2,(H4,10,12,14,16,18)(H4,11,13,15,17,19). The van der Waals surface area contributed by atoms with Gasteiger partial charge < -0.3 is 11.5 Å². The second kappa shape index (κ2) is 4.33. The van der Waals surface area contributed by atoms with E-state index in [1.54, 1.807) is 0 Å². The molecule has 0 saturated carbocycles. The fourth-order valence-corrected chi connectivity index (χ4v) is 1.59. The Kier molecular flexibility index (Phi) is 2.83. The molecular formula is C9H10N6O4. The second-order valence-electron chi connectivity index (χ2n) is 3.78. The van der Waals surface area contributed by atoms with Gasteiger partial charge in [-0.1, -0.05) is 0 Å². The van der Waals surface area contributed by atoms with Gasteiger partial charge in [-0.3, -0.25) is 29.5 Å². The van der Waals surface area contributed by atoms with Crippen LogP contribution in [0.3, 0.4) is 0 Å². The first-order valence-corrected chi connectivity index (χ1v) is 5.10. The summed E-state index contributed by atoms with van der Waals surface area (Å²) in [5, 5.41) is 0. The molecule has 0 aliphatic carbocycles. The van der Waals surface area contributed by atoms with Gasteiger partial charge in [0, 0.05) is 6.42 Å². The molecule has 8 N–H and O–H groups in total. The average Bonchev–Trinajstić information content (AvgIpc) is 2.25. The summed E-state index contributed by atoms with van der Waals surface area (Å²) in [5.74, 6) is -0.336. The molecule has 2 aromatic rings. The van der Waals surface area contributed by atoms with Gasteiger partial charge in [-0.2, -0.15) is 0 Å². The fourth-order valence-electron chi connectivity index (χ4n) is 1.59. The van der Waals surface area contributed by atoms with Gasteiger partial charge in [0.1, 0.15) is 11.6 Å². The highest BCUT2D eigenvalue weighted by Crippen LogP contribution is 2.08. The number of hydrogen-bond acceptors (Lipinski definition) is 6. The monoisotopic (exact) mass is 266 g/mol. The Labute approximate surface area is 103 Å². The number of nitrogens with two attached hydrogens (primary N) is 2. The molecule has 100 valence electrons. The van der Waals surface area contributed by atoms with E-state index in [1.165, 1.54) is 0 Å². The van der Waals surface area contributed by atoms with Crippen molar-refractivity contribution in [2.45, 2.75) is 6.42 Å². The average molecular weight is 266 g/mol. The molecule has 0 amide bonds. The van der Waals surface area contributed by atoms with Crippen LogP contribution < -0.4 is 34.0 Å². The van der Waals surface area contributed by atoms with Crippen molar-refractivity contribution in [3.8, 4) is 0 Å². The van der Waals surface area contributed by atoms with Crippen molar-refractivity contribution in [3.63, 3.8) is 0 Å². The summed E-state index contributed by atoms with van der Waals surface area (Å²) < 4.78 is 0. The van der Waals surface area contributed by atoms with Gasteiger partial charge in [0.25, 0.3) is 11.1 Å². The highest BCUT2D eigenvalue weighted by atomic mass is 16.2. The van der Waals surface area contributed by atoms with Crippen LogP contribution in [0, 0.1) is 0 Å². The Morgan fingerprint density at radius 2 is 1.05 bits per heavy atom. The lowest BCUT2D eigenvalue weighted by atomic mass is 10.1. The van der Waals surface area contributed by atoms with Crippen LogP contribution in [0.1, 0.15) is 11.1 Å². The van der Waals surface area contributed by atoms with Gasteiger partial charge in [-0.15, -0.1) is 0 Å². The van der Waals surface area contributed by atoms with Crippen molar-refractivity contribution in [2.75, 3.05) is 11.5 Å². The Hall–Kier alpha value is -3.04. The van der Waals surface area contributed by atoms with Crippen LogP contribution in [0.2, 0.25) is 0 Å². The van der Waals surface area contributed by atoms with Crippen molar-refractivity contribution in [3.05, 3.63) is 52.8 Å². The SMILES string of the molecule is Nc1[nH]c(=O)[nH]c(=O)c1Cc1c(N)[nH]c(=O)[nH]c1=O. The molecule has 0 aromatic carbocycles. The zero-order valence-corrected chi connectivity index (χ0v) is 9.49. The number of nitrogens with one attached hydrogen (secondary N) is 4. The van der Waals surface area contributed by atoms with Crippen molar-refractivity contribution in [2.24, 2.45) is 0 Å². The lowest BCUT2D eigenvalue weighted by Crippen LogP contribution is -2.31. The minimum absolute atomic E-state index is 0.0242. The van der Waals surface area contributed by atoms with Crippen molar-refractivity contribution in [1.29, 1.82) is 0 Å². The van der Waals surface area contributed by atoms with E-state index in [1.807, 2.05) is 9.97 Å². The maximum absolute atomic E-state index is 11.6. The minimum Gasteiger partial charge on any atom is -0.385 e. The van der Waals surface area contributed by atoms with Crippen molar-refractivity contribution >= 4 is 11.6 Å². The summed E-state index contributed by atoms with van der Waals surface area (Å²) in [6, 6.07) is 0. The van der Waals surface area contributed by atoms with E-state index in [0.717, 1.165) is 0 Å². The summed E-state index contributed by atoms with van der Waals surface area (Å²) in [6.07, 6.45) is -0.226. The molecule has 0 aliphatic heterocycles. The van der Waals surface area contributed by atoms with Crippen LogP contribution in [0.5, 0.6) is 0 Å². The molecule has 0 saturated heterocycles. The largest absolute Gasteiger partial charge is 0.385 e. The van der Waals surface area contributed by atoms with Crippen molar-refractivity contribution < 1.29 is 0 Å². The highest BCUT2D eigenvalue weighted by Gasteiger charge is 2.13. The summed E-state index contributed by atoms with van der Waals surface area (Å²) in [4.78, 5) is 53.4. The summed E-state index contributed by atoms with van der Waals surface area (Å²) in [6.45, 7) is 0. The molecule has 0 bridgehead atoms. The molecule has 10 heteroatoms. The van der Waals surface area contributed by atoms with Crippen LogP contribution in [0.15, 0.2) is 19.2 Å². The maximum atomic E-state index is 11.6. The van der Waals surface area contributed by atoms with Crippen LogP contribution in [0.4, 0.5) is 11.6 Å². The maximum Gasteiger partial charge on any atom is 0.327 e. The molecule has 19 heavy (non-hydrogen) atoms. The molecular weight excluding hydrogens is 256 g/mol. The van der Waals surface area contributed by atoms with Crippen LogP contribution >= 0.6 is 0 Å². The van der Waals surface area contributed by atoms with Gasteiger partial charge in [-0.25, -0.2) is 9.59 Å². The summed E-state index contributed by atoms with van der Waals surface area (Å²) >= 11 is 0. The molecule has 2 aromatic heterocycles. The van der Waals surface area contributed by atoms with Crippen LogP contribution in [-0.2, 0) is 6.42 Å². The quantitative estimate of drug-likeness (QED) is 0.341. The predicted octanol–water partition coefficient (Wildman–Crippen LogP) is -2.81. The predicted molar refractivity (Wildman–Crippen MR) is 67.0 cm³/mol. The third-order valence-electron chi connectivity index (χ3n) is 2.50. The van der Waals surface area contributed by atoms with E-state index in [0.29, 0.717) is 0 Å². The molecule has 2 rings (SSSR count). The fraction of sp³-hybridized carbons (Fsp3) is 0.111. The number of anilines is 2. The lowest BCUT2D eigenvalue weighted by molar-refractivity contribution is 0.949. The molecule has 0 unspecified atom stereocenters. The van der Waals surface area contributed by atoms with E-state index < -0.39 is 22.5 Å². The Morgan fingerprint density at radius 1 is 0.684 bits per heavy atom. The molecule has 0 fully saturated rings. The number of rotatable bonds is 2. The third-order valence-corrected chi connectivity index (χ3v) is 2.50. The topological polar surface area (TPSA) is 183 Å². The number of hydrogen-bond donors (Lipinski definition) is 6. The van der Waals surface area contributed by atoms with Crippen molar-refractivity contribution in [1.82, 2.24) is 19.9 Å². The molecule has 0 aliphatic rings. The molecule has 2 heterocycles. The zero-order valence-electron chi connectivity index (χ0n) is 9.49. The Morgan fingerprint density at radius 3 is 1.37 bits per heavy atom. The number of aromatic amines is 4. The Balaban J connectivity index is 2.61. The van der Waals surface area contributed by atoms with Crippen LogP contribution in [-0.4, -0.2) is 19.9 Å². The first kappa shape index (κ1) is 12.4. The van der Waals surface area contributed by atoms with Gasteiger partial charge in [0.05, 0.1) is 11.1 Å². The number of nitrogen functional groups attached to an aromatic ring is 2. The lowest BCUT2D eigenvalue weighted by Gasteiger charge is -2.05. The van der Waals surface area contributed by atoms with E-state index >= 15 is 0 Å². The summed E-state index contributed by atoms with van der Waals surface area (Å²) in [7, 11) is 0.